The highest BCUT2D eigenvalue weighted by Crippen LogP contribution is 2.44. The zero-order valence-corrected chi connectivity index (χ0v) is 17.1. The van der Waals surface area contributed by atoms with Gasteiger partial charge >= 0.3 is 0 Å². The number of benzene rings is 2. The minimum Gasteiger partial charge on any atom is -0.334 e. The molecular weight excluding hydrogens is 368 g/mol. The van der Waals surface area contributed by atoms with Gasteiger partial charge in [0.1, 0.15) is 0 Å². The Morgan fingerprint density at radius 3 is 2.61 bits per heavy atom. The van der Waals surface area contributed by atoms with Crippen LogP contribution < -0.4 is 9.80 Å². The summed E-state index contributed by atoms with van der Waals surface area (Å²) in [4.78, 5) is 11.6. The van der Waals surface area contributed by atoms with Gasteiger partial charge in [0, 0.05) is 18.4 Å². The van der Waals surface area contributed by atoms with Gasteiger partial charge in [-0.2, -0.15) is 0 Å². The maximum atomic E-state index is 6.71. The van der Waals surface area contributed by atoms with Gasteiger partial charge in [-0.25, -0.2) is 4.98 Å². The lowest BCUT2D eigenvalue weighted by atomic mass is 10.1. The maximum Gasteiger partial charge on any atom is 0.157 e. The van der Waals surface area contributed by atoms with Crippen LogP contribution in [-0.2, 0) is 6.54 Å². The SMILES string of the molecule is CN(C)CCCN1c2ncccc2N(c2ccccc2)Cc2cccc(Cl)c21. The molecule has 4 rings (SSSR count). The molecule has 144 valence electrons. The molecule has 0 radical (unpaired) electrons. The molecule has 3 aromatic rings. The minimum atomic E-state index is 0.753. The van der Waals surface area contributed by atoms with Crippen molar-refractivity contribution in [1.29, 1.82) is 0 Å². The van der Waals surface area contributed by atoms with Crippen molar-refractivity contribution in [2.45, 2.75) is 13.0 Å². The average Bonchev–Trinajstić information content (AvgIpc) is 2.84. The molecule has 1 aliphatic rings. The van der Waals surface area contributed by atoms with E-state index in [2.05, 4.69) is 65.2 Å². The van der Waals surface area contributed by atoms with Crippen LogP contribution in [0, 0.1) is 0 Å². The maximum absolute atomic E-state index is 6.71. The van der Waals surface area contributed by atoms with Gasteiger partial charge in [0.05, 0.1) is 22.9 Å². The van der Waals surface area contributed by atoms with Crippen LogP contribution in [0.25, 0.3) is 0 Å². The van der Waals surface area contributed by atoms with Crippen molar-refractivity contribution in [3.05, 3.63) is 77.4 Å². The Balaban J connectivity index is 1.85. The molecule has 0 N–H and O–H groups in total. The van der Waals surface area contributed by atoms with Crippen molar-refractivity contribution in [2.75, 3.05) is 37.0 Å². The Morgan fingerprint density at radius 2 is 1.82 bits per heavy atom. The second kappa shape index (κ2) is 8.21. The third-order valence-corrected chi connectivity index (χ3v) is 5.34. The van der Waals surface area contributed by atoms with Gasteiger partial charge < -0.3 is 14.7 Å². The molecule has 0 saturated carbocycles. The largest absolute Gasteiger partial charge is 0.334 e. The second-order valence-corrected chi connectivity index (χ2v) is 7.73. The van der Waals surface area contributed by atoms with Gasteiger partial charge in [0.2, 0.25) is 0 Å². The standard InChI is InChI=1S/C23H25ClN4/c1-26(2)15-8-16-27-22-18(9-6-12-20(22)24)17-28(19-10-4-3-5-11-19)21-13-7-14-25-23(21)27/h3-7,9-14H,8,15-17H2,1-2H3. The fraction of sp³-hybridized carbons (Fsp3) is 0.261. The molecule has 0 fully saturated rings. The van der Waals surface area contributed by atoms with Crippen LogP contribution in [0.15, 0.2) is 66.9 Å². The van der Waals surface area contributed by atoms with Crippen molar-refractivity contribution in [1.82, 2.24) is 9.88 Å². The first-order chi connectivity index (χ1) is 13.6. The van der Waals surface area contributed by atoms with Crippen molar-refractivity contribution in [2.24, 2.45) is 0 Å². The van der Waals surface area contributed by atoms with Crippen LogP contribution in [0.5, 0.6) is 0 Å². The lowest BCUT2D eigenvalue weighted by Gasteiger charge is -2.28. The fourth-order valence-electron chi connectivity index (χ4n) is 3.76. The summed E-state index contributed by atoms with van der Waals surface area (Å²) < 4.78 is 0. The van der Waals surface area contributed by atoms with Gasteiger partial charge in [-0.3, -0.25) is 0 Å². The summed E-state index contributed by atoms with van der Waals surface area (Å²) in [5, 5.41) is 0.772. The monoisotopic (exact) mass is 392 g/mol. The Morgan fingerprint density at radius 1 is 1.00 bits per heavy atom. The molecule has 4 nitrogen and oxygen atoms in total. The number of aromatic nitrogens is 1. The first-order valence-corrected chi connectivity index (χ1v) is 10.00. The van der Waals surface area contributed by atoms with Gasteiger partial charge in [-0.05, 0) is 63.0 Å². The van der Waals surface area contributed by atoms with Gasteiger partial charge in [-0.15, -0.1) is 0 Å². The number of para-hydroxylation sites is 2. The number of pyridine rings is 1. The molecule has 28 heavy (non-hydrogen) atoms. The van der Waals surface area contributed by atoms with Gasteiger partial charge in [-0.1, -0.05) is 41.9 Å². The molecule has 0 spiro atoms. The normalized spacial score (nSPS) is 13.3. The summed E-state index contributed by atoms with van der Waals surface area (Å²) >= 11 is 6.71. The number of anilines is 4. The predicted octanol–water partition coefficient (Wildman–Crippen LogP) is 5.48. The first-order valence-electron chi connectivity index (χ1n) is 9.62. The van der Waals surface area contributed by atoms with Crippen LogP contribution in [0.2, 0.25) is 5.02 Å². The van der Waals surface area contributed by atoms with Crippen LogP contribution in [0.1, 0.15) is 12.0 Å². The van der Waals surface area contributed by atoms with E-state index in [1.807, 2.05) is 30.5 Å². The third-order valence-electron chi connectivity index (χ3n) is 5.04. The van der Waals surface area contributed by atoms with E-state index in [0.29, 0.717) is 0 Å². The Kier molecular flexibility index (Phi) is 5.51. The van der Waals surface area contributed by atoms with E-state index in [-0.39, 0.29) is 0 Å². The Hall–Kier alpha value is -2.56. The van der Waals surface area contributed by atoms with E-state index in [4.69, 9.17) is 16.6 Å². The molecular formula is C23H25ClN4. The number of halogens is 1. The minimum absolute atomic E-state index is 0.753. The number of hydrogen-bond acceptors (Lipinski definition) is 4. The van der Waals surface area contributed by atoms with Gasteiger partial charge in [0.15, 0.2) is 5.82 Å². The van der Waals surface area contributed by atoms with Crippen LogP contribution >= 0.6 is 11.6 Å². The fourth-order valence-corrected chi connectivity index (χ4v) is 4.06. The van der Waals surface area contributed by atoms with E-state index in [0.717, 1.165) is 54.0 Å². The number of nitrogens with zero attached hydrogens (tertiary/aromatic N) is 4. The number of hydrogen-bond donors (Lipinski definition) is 0. The van der Waals surface area contributed by atoms with E-state index in [9.17, 15) is 0 Å². The predicted molar refractivity (Wildman–Crippen MR) is 118 cm³/mol. The summed E-state index contributed by atoms with van der Waals surface area (Å²) in [5.41, 5.74) is 4.53. The summed E-state index contributed by atoms with van der Waals surface area (Å²) in [5.74, 6) is 0.956. The molecule has 5 heteroatoms. The highest BCUT2D eigenvalue weighted by molar-refractivity contribution is 6.33. The highest BCUT2D eigenvalue weighted by atomic mass is 35.5. The average molecular weight is 393 g/mol. The summed E-state index contributed by atoms with van der Waals surface area (Å²) in [6.45, 7) is 2.63. The van der Waals surface area contributed by atoms with Crippen molar-refractivity contribution in [3.8, 4) is 0 Å². The lowest BCUT2D eigenvalue weighted by molar-refractivity contribution is 0.402. The summed E-state index contributed by atoms with van der Waals surface area (Å²) in [6, 6.07) is 20.8. The van der Waals surface area contributed by atoms with Crippen molar-refractivity contribution in [3.63, 3.8) is 0 Å². The zero-order chi connectivity index (χ0) is 19.5. The van der Waals surface area contributed by atoms with Crippen molar-refractivity contribution < 1.29 is 0 Å². The lowest BCUT2D eigenvalue weighted by Crippen LogP contribution is -2.24. The molecule has 0 amide bonds. The quantitative estimate of drug-likeness (QED) is 0.573. The van der Waals surface area contributed by atoms with E-state index in [1.54, 1.807) is 0 Å². The van der Waals surface area contributed by atoms with Gasteiger partial charge in [0.25, 0.3) is 0 Å². The van der Waals surface area contributed by atoms with E-state index in [1.165, 1.54) is 5.56 Å². The van der Waals surface area contributed by atoms with Crippen LogP contribution in [0.3, 0.4) is 0 Å². The smallest absolute Gasteiger partial charge is 0.157 e. The van der Waals surface area contributed by atoms with Crippen LogP contribution in [-0.4, -0.2) is 37.1 Å². The highest BCUT2D eigenvalue weighted by Gasteiger charge is 2.28. The van der Waals surface area contributed by atoms with Crippen molar-refractivity contribution >= 4 is 34.5 Å². The molecule has 0 saturated heterocycles. The molecule has 2 aromatic carbocycles. The number of rotatable bonds is 5. The third kappa shape index (κ3) is 3.71. The molecule has 2 heterocycles. The number of fused-ring (bicyclic) bond motifs is 2. The summed E-state index contributed by atoms with van der Waals surface area (Å²) in [7, 11) is 4.21. The molecule has 0 bridgehead atoms. The summed E-state index contributed by atoms with van der Waals surface area (Å²) in [6.07, 6.45) is 2.89. The van der Waals surface area contributed by atoms with Crippen LogP contribution in [0.4, 0.5) is 22.9 Å². The molecule has 0 atom stereocenters. The van der Waals surface area contributed by atoms with E-state index >= 15 is 0 Å². The second-order valence-electron chi connectivity index (χ2n) is 7.32. The van der Waals surface area contributed by atoms with E-state index < -0.39 is 0 Å². The molecule has 0 unspecified atom stereocenters. The molecule has 0 aliphatic carbocycles. The Bertz CT molecular complexity index is 942. The molecule has 1 aromatic heterocycles. The Labute approximate surface area is 172 Å². The molecule has 1 aliphatic heterocycles. The first kappa shape index (κ1) is 18.8. The topological polar surface area (TPSA) is 22.6 Å². The zero-order valence-electron chi connectivity index (χ0n) is 16.3.